The van der Waals surface area contributed by atoms with E-state index in [0.717, 1.165) is 0 Å². The SMILES string of the molecule is CCOC(=O)c1ccccc1Nc1cnc(C(=O)Nc2cccc(Cl)c2)cn1. The number of rotatable bonds is 6. The molecule has 0 spiro atoms. The zero-order chi connectivity index (χ0) is 19.9. The van der Waals surface area contributed by atoms with Crippen LogP contribution in [0.5, 0.6) is 0 Å². The number of nitrogens with one attached hydrogen (secondary N) is 2. The average Bonchev–Trinajstić information content (AvgIpc) is 2.69. The lowest BCUT2D eigenvalue weighted by molar-refractivity contribution is 0.0527. The van der Waals surface area contributed by atoms with Crippen molar-refractivity contribution in [1.82, 2.24) is 9.97 Å². The lowest BCUT2D eigenvalue weighted by atomic mass is 10.2. The molecule has 1 heterocycles. The van der Waals surface area contributed by atoms with Crippen molar-refractivity contribution in [2.75, 3.05) is 17.2 Å². The van der Waals surface area contributed by atoms with Crippen molar-refractivity contribution >= 4 is 40.7 Å². The Morgan fingerprint density at radius 1 is 1.07 bits per heavy atom. The van der Waals surface area contributed by atoms with Crippen molar-refractivity contribution in [2.24, 2.45) is 0 Å². The second kappa shape index (κ2) is 8.96. The van der Waals surface area contributed by atoms with Gasteiger partial charge in [0, 0.05) is 10.7 Å². The Morgan fingerprint density at radius 3 is 2.61 bits per heavy atom. The molecular weight excluding hydrogens is 380 g/mol. The van der Waals surface area contributed by atoms with Gasteiger partial charge >= 0.3 is 5.97 Å². The van der Waals surface area contributed by atoms with Crippen LogP contribution in [-0.2, 0) is 4.74 Å². The molecular formula is C20H17ClN4O3. The van der Waals surface area contributed by atoms with Crippen LogP contribution in [0.15, 0.2) is 60.9 Å². The highest BCUT2D eigenvalue weighted by Crippen LogP contribution is 2.20. The Balaban J connectivity index is 1.71. The van der Waals surface area contributed by atoms with Gasteiger partial charge in [-0.1, -0.05) is 29.8 Å². The maximum atomic E-state index is 12.3. The molecule has 28 heavy (non-hydrogen) atoms. The van der Waals surface area contributed by atoms with Crippen LogP contribution < -0.4 is 10.6 Å². The smallest absolute Gasteiger partial charge is 0.340 e. The van der Waals surface area contributed by atoms with Crippen molar-refractivity contribution in [2.45, 2.75) is 6.92 Å². The number of aromatic nitrogens is 2. The first-order valence-corrected chi connectivity index (χ1v) is 8.86. The van der Waals surface area contributed by atoms with Gasteiger partial charge in [-0.2, -0.15) is 0 Å². The number of carbonyl (C=O) groups is 2. The summed E-state index contributed by atoms with van der Waals surface area (Å²) in [5, 5.41) is 6.23. The van der Waals surface area contributed by atoms with Gasteiger partial charge in [0.2, 0.25) is 0 Å². The van der Waals surface area contributed by atoms with E-state index in [9.17, 15) is 9.59 Å². The summed E-state index contributed by atoms with van der Waals surface area (Å²) >= 11 is 5.91. The quantitative estimate of drug-likeness (QED) is 0.603. The van der Waals surface area contributed by atoms with Crippen LogP contribution in [0.2, 0.25) is 5.02 Å². The molecule has 2 aromatic carbocycles. The first kappa shape index (κ1) is 19.3. The molecule has 0 unspecified atom stereocenters. The second-order valence-electron chi connectivity index (χ2n) is 5.64. The number of anilines is 3. The minimum atomic E-state index is -0.434. The van der Waals surface area contributed by atoms with Crippen LogP contribution in [0.1, 0.15) is 27.8 Å². The number of esters is 1. The van der Waals surface area contributed by atoms with Crippen LogP contribution >= 0.6 is 11.6 Å². The normalized spacial score (nSPS) is 10.2. The van der Waals surface area contributed by atoms with Gasteiger partial charge in [0.1, 0.15) is 11.5 Å². The predicted molar refractivity (Wildman–Crippen MR) is 107 cm³/mol. The summed E-state index contributed by atoms with van der Waals surface area (Å²) < 4.78 is 5.04. The van der Waals surface area contributed by atoms with Crippen LogP contribution in [0.25, 0.3) is 0 Å². The van der Waals surface area contributed by atoms with E-state index in [1.165, 1.54) is 12.4 Å². The van der Waals surface area contributed by atoms with Crippen molar-refractivity contribution in [3.8, 4) is 0 Å². The molecule has 0 aliphatic carbocycles. The highest BCUT2D eigenvalue weighted by atomic mass is 35.5. The maximum Gasteiger partial charge on any atom is 0.340 e. The third-order valence-corrected chi connectivity index (χ3v) is 3.89. The largest absolute Gasteiger partial charge is 0.462 e. The first-order valence-electron chi connectivity index (χ1n) is 8.49. The summed E-state index contributed by atoms with van der Waals surface area (Å²) in [6.45, 7) is 2.02. The fourth-order valence-corrected chi connectivity index (χ4v) is 2.58. The summed E-state index contributed by atoms with van der Waals surface area (Å²) in [6.07, 6.45) is 2.75. The highest BCUT2D eigenvalue weighted by molar-refractivity contribution is 6.30. The first-order chi connectivity index (χ1) is 13.6. The molecule has 0 atom stereocenters. The van der Waals surface area contributed by atoms with Gasteiger partial charge in [-0.3, -0.25) is 4.79 Å². The molecule has 0 radical (unpaired) electrons. The Morgan fingerprint density at radius 2 is 1.89 bits per heavy atom. The highest BCUT2D eigenvalue weighted by Gasteiger charge is 2.13. The number of halogens is 1. The van der Waals surface area contributed by atoms with E-state index in [2.05, 4.69) is 20.6 Å². The number of hydrogen-bond donors (Lipinski definition) is 2. The van der Waals surface area contributed by atoms with Gasteiger partial charge in [-0.25, -0.2) is 14.8 Å². The molecule has 1 amide bonds. The van der Waals surface area contributed by atoms with Crippen LogP contribution in [-0.4, -0.2) is 28.5 Å². The lowest BCUT2D eigenvalue weighted by Crippen LogP contribution is -2.14. The summed E-state index contributed by atoms with van der Waals surface area (Å²) in [5.74, 6) is -0.458. The van der Waals surface area contributed by atoms with Crippen molar-refractivity contribution in [3.05, 3.63) is 77.2 Å². The number of nitrogens with zero attached hydrogens (tertiary/aromatic N) is 2. The summed E-state index contributed by atoms with van der Waals surface area (Å²) in [5.41, 5.74) is 1.62. The molecule has 7 nitrogen and oxygen atoms in total. The van der Waals surface area contributed by atoms with E-state index in [-0.39, 0.29) is 12.3 Å². The zero-order valence-electron chi connectivity index (χ0n) is 15.0. The predicted octanol–water partition coefficient (Wildman–Crippen LogP) is 4.30. The molecule has 0 aliphatic rings. The Labute approximate surface area is 166 Å². The minimum Gasteiger partial charge on any atom is -0.462 e. The third-order valence-electron chi connectivity index (χ3n) is 3.65. The lowest BCUT2D eigenvalue weighted by Gasteiger charge is -2.11. The number of ether oxygens (including phenoxy) is 1. The van der Waals surface area contributed by atoms with Gasteiger partial charge in [0.15, 0.2) is 0 Å². The standard InChI is InChI=1S/C20H17ClN4O3/c1-2-28-20(27)15-8-3-4-9-16(15)25-18-12-22-17(11-23-18)19(26)24-14-7-5-6-13(21)10-14/h3-12H,2H2,1H3,(H,23,25)(H,24,26). The van der Waals surface area contributed by atoms with Gasteiger partial charge in [0.05, 0.1) is 30.3 Å². The maximum absolute atomic E-state index is 12.3. The monoisotopic (exact) mass is 396 g/mol. The van der Waals surface area contributed by atoms with Gasteiger partial charge in [-0.15, -0.1) is 0 Å². The molecule has 0 saturated heterocycles. The number of benzene rings is 2. The molecule has 142 valence electrons. The van der Waals surface area contributed by atoms with Crippen molar-refractivity contribution < 1.29 is 14.3 Å². The fourth-order valence-electron chi connectivity index (χ4n) is 2.39. The number of amides is 1. The van der Waals surface area contributed by atoms with Crippen molar-refractivity contribution in [1.29, 1.82) is 0 Å². The Hall–Kier alpha value is -3.45. The van der Waals surface area contributed by atoms with Gasteiger partial charge in [0.25, 0.3) is 5.91 Å². The van der Waals surface area contributed by atoms with E-state index in [4.69, 9.17) is 16.3 Å². The van der Waals surface area contributed by atoms with Crippen LogP contribution in [0.4, 0.5) is 17.2 Å². The molecule has 3 aromatic rings. The van der Waals surface area contributed by atoms with E-state index in [1.54, 1.807) is 55.5 Å². The molecule has 0 aliphatic heterocycles. The van der Waals surface area contributed by atoms with E-state index >= 15 is 0 Å². The van der Waals surface area contributed by atoms with Crippen LogP contribution in [0, 0.1) is 0 Å². The van der Waals surface area contributed by atoms with Crippen molar-refractivity contribution in [3.63, 3.8) is 0 Å². The molecule has 3 rings (SSSR count). The van der Waals surface area contributed by atoms with E-state index in [1.807, 2.05) is 0 Å². The molecule has 1 aromatic heterocycles. The Bertz CT molecular complexity index is 993. The number of para-hydroxylation sites is 1. The number of hydrogen-bond acceptors (Lipinski definition) is 6. The second-order valence-corrected chi connectivity index (χ2v) is 6.08. The van der Waals surface area contributed by atoms with Gasteiger partial charge < -0.3 is 15.4 Å². The Kier molecular flexibility index (Phi) is 6.18. The average molecular weight is 397 g/mol. The topological polar surface area (TPSA) is 93.2 Å². The third kappa shape index (κ3) is 4.83. The molecule has 2 N–H and O–H groups in total. The molecule has 0 saturated carbocycles. The molecule has 0 bridgehead atoms. The molecule has 8 heteroatoms. The minimum absolute atomic E-state index is 0.143. The zero-order valence-corrected chi connectivity index (χ0v) is 15.7. The summed E-state index contributed by atoms with van der Waals surface area (Å²) in [7, 11) is 0. The van der Waals surface area contributed by atoms with E-state index in [0.29, 0.717) is 27.8 Å². The van der Waals surface area contributed by atoms with E-state index < -0.39 is 11.9 Å². The summed E-state index contributed by atoms with van der Waals surface area (Å²) in [4.78, 5) is 32.6. The van der Waals surface area contributed by atoms with Gasteiger partial charge in [-0.05, 0) is 37.3 Å². The molecule has 0 fully saturated rings. The summed E-state index contributed by atoms with van der Waals surface area (Å²) in [6, 6.07) is 13.7. The van der Waals surface area contributed by atoms with Crippen LogP contribution in [0.3, 0.4) is 0 Å². The number of carbonyl (C=O) groups excluding carboxylic acids is 2. The fraction of sp³-hybridized carbons (Fsp3) is 0.100.